The molecule has 0 spiro atoms. The van der Waals surface area contributed by atoms with Crippen molar-refractivity contribution in [1.29, 1.82) is 0 Å². The van der Waals surface area contributed by atoms with Gasteiger partial charge in [-0.3, -0.25) is 19.4 Å². The zero-order valence-electron chi connectivity index (χ0n) is 8.70. The van der Waals surface area contributed by atoms with Crippen LogP contribution in [0, 0.1) is 0 Å². The van der Waals surface area contributed by atoms with E-state index in [1.807, 2.05) is 35.0 Å². The fourth-order valence-electron chi connectivity index (χ4n) is 1.69. The molecule has 0 unspecified atom stereocenters. The molecule has 0 saturated carbocycles. The number of amides is 2. The van der Waals surface area contributed by atoms with Crippen LogP contribution in [-0.4, -0.2) is 18.5 Å². The summed E-state index contributed by atoms with van der Waals surface area (Å²) in [5, 5.41) is 5.40. The minimum absolute atomic E-state index is 0.304. The number of rotatable bonds is 2. The number of hydrogen-bond acceptors (Lipinski definition) is 4. The summed E-state index contributed by atoms with van der Waals surface area (Å²) in [5.74, 6) is -0.915. The summed E-state index contributed by atoms with van der Waals surface area (Å²) in [7, 11) is 0. The SMILES string of the molecule is O=C1C(=O)N(c2cccs2)CN1c1cccs1. The number of hydrogen-bond donors (Lipinski definition) is 0. The van der Waals surface area contributed by atoms with Gasteiger partial charge in [0.05, 0.1) is 10.0 Å². The Morgan fingerprint density at radius 2 is 1.35 bits per heavy atom. The lowest BCUT2D eigenvalue weighted by molar-refractivity contribution is -0.133. The summed E-state index contributed by atoms with van der Waals surface area (Å²) in [5.41, 5.74) is 0. The summed E-state index contributed by atoms with van der Waals surface area (Å²) in [4.78, 5) is 26.7. The van der Waals surface area contributed by atoms with Gasteiger partial charge < -0.3 is 0 Å². The molecule has 1 fully saturated rings. The third-order valence-corrected chi connectivity index (χ3v) is 4.28. The highest BCUT2D eigenvalue weighted by atomic mass is 32.1. The molecule has 1 aliphatic heterocycles. The summed E-state index contributed by atoms with van der Waals surface area (Å²) in [6.45, 7) is 0.304. The van der Waals surface area contributed by atoms with E-state index in [4.69, 9.17) is 0 Å². The zero-order valence-corrected chi connectivity index (χ0v) is 10.3. The monoisotopic (exact) mass is 264 g/mol. The molecule has 0 aromatic carbocycles. The van der Waals surface area contributed by atoms with Crippen LogP contribution in [0.15, 0.2) is 35.0 Å². The molecule has 86 valence electrons. The van der Waals surface area contributed by atoms with E-state index in [1.165, 1.54) is 32.5 Å². The summed E-state index contributed by atoms with van der Waals surface area (Å²) in [6.07, 6.45) is 0. The zero-order chi connectivity index (χ0) is 11.8. The molecule has 1 saturated heterocycles. The third-order valence-electron chi connectivity index (χ3n) is 2.50. The molecule has 1 aliphatic rings. The molecule has 0 aliphatic carbocycles. The van der Waals surface area contributed by atoms with Crippen LogP contribution in [0.3, 0.4) is 0 Å². The molecule has 17 heavy (non-hydrogen) atoms. The molecule has 2 aromatic heterocycles. The Morgan fingerprint density at radius 1 is 0.882 bits per heavy atom. The number of anilines is 2. The lowest BCUT2D eigenvalue weighted by atomic mass is 10.5. The van der Waals surface area contributed by atoms with Gasteiger partial charge >= 0.3 is 11.8 Å². The quantitative estimate of drug-likeness (QED) is 0.780. The Labute approximate surface area is 106 Å². The molecule has 2 aromatic rings. The van der Waals surface area contributed by atoms with E-state index in [-0.39, 0.29) is 0 Å². The smallest absolute Gasteiger partial charge is 0.276 e. The van der Waals surface area contributed by atoms with Gasteiger partial charge in [-0.05, 0) is 35.0 Å². The highest BCUT2D eigenvalue weighted by Crippen LogP contribution is 2.30. The highest BCUT2D eigenvalue weighted by molar-refractivity contribution is 7.15. The standard InChI is InChI=1S/C11H8N2O2S2/c14-10-11(15)13(9-4-2-6-17-9)7-12(10)8-3-1-5-16-8/h1-6H,7H2. The second-order valence-electron chi connectivity index (χ2n) is 3.51. The van der Waals surface area contributed by atoms with Crippen molar-refractivity contribution < 1.29 is 9.59 Å². The van der Waals surface area contributed by atoms with Gasteiger partial charge in [-0.15, -0.1) is 22.7 Å². The molecule has 6 heteroatoms. The van der Waals surface area contributed by atoms with Crippen LogP contribution in [-0.2, 0) is 9.59 Å². The highest BCUT2D eigenvalue weighted by Gasteiger charge is 2.38. The molecule has 3 heterocycles. The van der Waals surface area contributed by atoms with E-state index in [2.05, 4.69) is 0 Å². The molecule has 0 radical (unpaired) electrons. The Morgan fingerprint density at radius 3 is 1.71 bits per heavy atom. The van der Waals surface area contributed by atoms with E-state index in [9.17, 15) is 9.59 Å². The van der Waals surface area contributed by atoms with Gasteiger partial charge in [-0.25, -0.2) is 0 Å². The van der Waals surface area contributed by atoms with Crippen molar-refractivity contribution in [1.82, 2.24) is 0 Å². The lowest BCUT2D eigenvalue weighted by Gasteiger charge is -2.14. The van der Waals surface area contributed by atoms with E-state index < -0.39 is 11.8 Å². The Balaban J connectivity index is 1.93. The molecule has 2 amide bonds. The summed E-state index contributed by atoms with van der Waals surface area (Å²) in [6, 6.07) is 7.42. The minimum Gasteiger partial charge on any atom is -0.276 e. The maximum absolute atomic E-state index is 11.9. The van der Waals surface area contributed by atoms with Gasteiger partial charge in [0.2, 0.25) is 0 Å². The topological polar surface area (TPSA) is 40.6 Å². The van der Waals surface area contributed by atoms with Crippen molar-refractivity contribution in [2.45, 2.75) is 0 Å². The van der Waals surface area contributed by atoms with Crippen LogP contribution in [0.5, 0.6) is 0 Å². The van der Waals surface area contributed by atoms with Gasteiger partial charge in [0, 0.05) is 0 Å². The van der Waals surface area contributed by atoms with Crippen LogP contribution in [0.1, 0.15) is 0 Å². The van der Waals surface area contributed by atoms with Gasteiger partial charge in [-0.1, -0.05) is 0 Å². The van der Waals surface area contributed by atoms with Gasteiger partial charge in [0.15, 0.2) is 0 Å². The first kappa shape index (κ1) is 10.5. The first-order chi connectivity index (χ1) is 8.27. The van der Waals surface area contributed by atoms with Gasteiger partial charge in [-0.2, -0.15) is 0 Å². The van der Waals surface area contributed by atoms with Gasteiger partial charge in [0.1, 0.15) is 6.67 Å². The average molecular weight is 264 g/mol. The lowest BCUT2D eigenvalue weighted by Crippen LogP contribution is -2.26. The second kappa shape index (κ2) is 3.97. The molecule has 4 nitrogen and oxygen atoms in total. The molecule has 3 rings (SSSR count). The van der Waals surface area contributed by atoms with Crippen molar-refractivity contribution >= 4 is 44.5 Å². The van der Waals surface area contributed by atoms with E-state index in [1.54, 1.807) is 0 Å². The van der Waals surface area contributed by atoms with Crippen LogP contribution in [0.4, 0.5) is 10.0 Å². The normalized spacial score (nSPS) is 16.0. The molecule has 0 bridgehead atoms. The third kappa shape index (κ3) is 1.65. The minimum atomic E-state index is -0.458. The van der Waals surface area contributed by atoms with E-state index in [0.717, 1.165) is 10.0 Å². The molecular weight excluding hydrogens is 256 g/mol. The van der Waals surface area contributed by atoms with E-state index in [0.29, 0.717) is 6.67 Å². The maximum atomic E-state index is 11.9. The molecular formula is C11H8N2O2S2. The number of carbonyl (C=O) groups is 2. The van der Waals surface area contributed by atoms with E-state index >= 15 is 0 Å². The average Bonchev–Trinajstić information content (AvgIpc) is 3.02. The second-order valence-corrected chi connectivity index (χ2v) is 5.36. The predicted molar refractivity (Wildman–Crippen MR) is 68.5 cm³/mol. The summed E-state index contributed by atoms with van der Waals surface area (Å²) >= 11 is 2.91. The number of carbonyl (C=O) groups excluding carboxylic acids is 2. The van der Waals surface area contributed by atoms with Crippen molar-refractivity contribution in [2.24, 2.45) is 0 Å². The van der Waals surface area contributed by atoms with Crippen molar-refractivity contribution in [2.75, 3.05) is 16.5 Å². The Kier molecular flexibility index (Phi) is 2.45. The Bertz CT molecular complexity index is 498. The molecule has 0 atom stereocenters. The fourth-order valence-corrected chi connectivity index (χ4v) is 3.13. The number of nitrogens with zero attached hydrogens (tertiary/aromatic N) is 2. The van der Waals surface area contributed by atoms with Gasteiger partial charge in [0.25, 0.3) is 0 Å². The first-order valence-corrected chi connectivity index (χ1v) is 6.73. The first-order valence-electron chi connectivity index (χ1n) is 4.98. The van der Waals surface area contributed by atoms with Crippen molar-refractivity contribution in [3.63, 3.8) is 0 Å². The predicted octanol–water partition coefficient (Wildman–Crippen LogP) is 2.15. The number of thiophene rings is 2. The maximum Gasteiger partial charge on any atom is 0.319 e. The van der Waals surface area contributed by atoms with Crippen molar-refractivity contribution in [3.05, 3.63) is 35.0 Å². The van der Waals surface area contributed by atoms with Crippen LogP contribution < -0.4 is 9.80 Å². The van der Waals surface area contributed by atoms with Crippen LogP contribution >= 0.6 is 22.7 Å². The summed E-state index contributed by atoms with van der Waals surface area (Å²) < 4.78 is 0. The fraction of sp³-hybridized carbons (Fsp3) is 0.0909. The largest absolute Gasteiger partial charge is 0.319 e. The molecule has 0 N–H and O–H groups in total. The van der Waals surface area contributed by atoms with Crippen LogP contribution in [0.2, 0.25) is 0 Å². The van der Waals surface area contributed by atoms with Crippen molar-refractivity contribution in [3.8, 4) is 0 Å². The van der Waals surface area contributed by atoms with Crippen LogP contribution in [0.25, 0.3) is 0 Å². The Hall–Kier alpha value is -1.66.